The highest BCUT2D eigenvalue weighted by molar-refractivity contribution is 8.02. The van der Waals surface area contributed by atoms with Gasteiger partial charge in [0, 0.05) is 23.4 Å². The highest BCUT2D eigenvalue weighted by Gasteiger charge is 2.10. The van der Waals surface area contributed by atoms with Gasteiger partial charge in [0.05, 0.1) is 5.56 Å². The van der Waals surface area contributed by atoms with E-state index in [0.29, 0.717) is 0 Å². The van der Waals surface area contributed by atoms with Crippen LogP contribution in [0.25, 0.3) is 0 Å². The molecule has 0 atom stereocenters. The second-order valence-corrected chi connectivity index (χ2v) is 6.18. The Kier molecular flexibility index (Phi) is 5.20. The van der Waals surface area contributed by atoms with Crippen LogP contribution in [0.5, 0.6) is 0 Å². The molecule has 1 heterocycles. The lowest BCUT2D eigenvalue weighted by molar-refractivity contribution is 0.0960. The first-order valence-corrected chi connectivity index (χ1v) is 8.08. The lowest BCUT2D eigenvalue weighted by Gasteiger charge is -2.08. The van der Waals surface area contributed by atoms with Gasteiger partial charge in [-0.05, 0) is 30.4 Å². The molecule has 2 rings (SSSR count). The SMILES string of the molecule is CNC(=O)c1ccccc1SCCC1=CSCC1. The minimum atomic E-state index is -0.00580. The number of rotatable bonds is 5. The van der Waals surface area contributed by atoms with Crippen LogP contribution < -0.4 is 5.32 Å². The molecule has 0 saturated heterocycles. The minimum Gasteiger partial charge on any atom is -0.355 e. The molecule has 1 aliphatic rings. The standard InChI is InChI=1S/C14H17NOS2/c1-15-14(16)12-4-2-3-5-13(12)18-9-7-11-6-8-17-10-11/h2-5,10H,6-9H2,1H3,(H,15,16). The first-order valence-electron chi connectivity index (χ1n) is 6.04. The van der Waals surface area contributed by atoms with Gasteiger partial charge in [0.15, 0.2) is 0 Å². The van der Waals surface area contributed by atoms with E-state index in [4.69, 9.17) is 0 Å². The van der Waals surface area contributed by atoms with Crippen molar-refractivity contribution in [2.24, 2.45) is 0 Å². The fraction of sp³-hybridized carbons (Fsp3) is 0.357. The lowest BCUT2D eigenvalue weighted by Crippen LogP contribution is -2.18. The molecule has 1 aromatic carbocycles. The smallest absolute Gasteiger partial charge is 0.252 e. The normalized spacial score (nSPS) is 14.4. The Morgan fingerprint density at radius 1 is 1.44 bits per heavy atom. The Morgan fingerprint density at radius 2 is 2.28 bits per heavy atom. The summed E-state index contributed by atoms with van der Waals surface area (Å²) >= 11 is 3.67. The Labute approximate surface area is 117 Å². The first kappa shape index (κ1) is 13.6. The van der Waals surface area contributed by atoms with Crippen LogP contribution in [0.4, 0.5) is 0 Å². The molecule has 1 aromatic rings. The highest BCUT2D eigenvalue weighted by atomic mass is 32.2. The molecule has 1 amide bonds. The lowest BCUT2D eigenvalue weighted by atomic mass is 10.2. The molecule has 0 fully saturated rings. The van der Waals surface area contributed by atoms with E-state index in [2.05, 4.69) is 10.7 Å². The van der Waals surface area contributed by atoms with Gasteiger partial charge in [0.25, 0.3) is 5.91 Å². The zero-order chi connectivity index (χ0) is 12.8. The topological polar surface area (TPSA) is 29.1 Å². The second kappa shape index (κ2) is 6.90. The number of hydrogen-bond donors (Lipinski definition) is 1. The van der Waals surface area contributed by atoms with Gasteiger partial charge in [-0.25, -0.2) is 0 Å². The average Bonchev–Trinajstić information content (AvgIpc) is 2.92. The predicted molar refractivity (Wildman–Crippen MR) is 80.3 cm³/mol. The van der Waals surface area contributed by atoms with E-state index in [1.165, 1.54) is 12.2 Å². The number of benzene rings is 1. The molecule has 1 N–H and O–H groups in total. The Balaban J connectivity index is 1.94. The number of thioether (sulfide) groups is 2. The van der Waals surface area contributed by atoms with Crippen LogP contribution in [-0.4, -0.2) is 24.5 Å². The molecule has 0 bridgehead atoms. The maximum atomic E-state index is 11.7. The molecule has 0 saturated carbocycles. The quantitative estimate of drug-likeness (QED) is 0.836. The number of amides is 1. The summed E-state index contributed by atoms with van der Waals surface area (Å²) in [6.45, 7) is 0. The van der Waals surface area contributed by atoms with Crippen molar-refractivity contribution >= 4 is 29.4 Å². The monoisotopic (exact) mass is 279 g/mol. The third kappa shape index (κ3) is 3.56. The first-order chi connectivity index (χ1) is 8.81. The van der Waals surface area contributed by atoms with Crippen molar-refractivity contribution in [1.82, 2.24) is 5.32 Å². The van der Waals surface area contributed by atoms with E-state index in [9.17, 15) is 4.79 Å². The zero-order valence-electron chi connectivity index (χ0n) is 10.4. The van der Waals surface area contributed by atoms with Crippen LogP contribution in [0.1, 0.15) is 23.2 Å². The number of nitrogens with one attached hydrogen (secondary N) is 1. The van der Waals surface area contributed by atoms with E-state index >= 15 is 0 Å². The number of allylic oxidation sites excluding steroid dienone is 1. The van der Waals surface area contributed by atoms with Crippen molar-refractivity contribution in [3.63, 3.8) is 0 Å². The molecular formula is C14H17NOS2. The number of hydrogen-bond acceptors (Lipinski definition) is 3. The summed E-state index contributed by atoms with van der Waals surface area (Å²) in [5.41, 5.74) is 2.32. The van der Waals surface area contributed by atoms with Crippen molar-refractivity contribution in [2.45, 2.75) is 17.7 Å². The summed E-state index contributed by atoms with van der Waals surface area (Å²) in [5.74, 6) is 2.27. The fourth-order valence-electron chi connectivity index (χ4n) is 1.82. The van der Waals surface area contributed by atoms with Crippen molar-refractivity contribution in [3.8, 4) is 0 Å². The van der Waals surface area contributed by atoms with Gasteiger partial charge >= 0.3 is 0 Å². The highest BCUT2D eigenvalue weighted by Crippen LogP contribution is 2.28. The zero-order valence-corrected chi connectivity index (χ0v) is 12.1. The maximum absolute atomic E-state index is 11.7. The van der Waals surface area contributed by atoms with Crippen LogP contribution in [0.15, 0.2) is 40.1 Å². The van der Waals surface area contributed by atoms with Crippen LogP contribution in [0, 0.1) is 0 Å². The van der Waals surface area contributed by atoms with Gasteiger partial charge in [0.2, 0.25) is 0 Å². The molecule has 0 aliphatic carbocycles. The number of carbonyl (C=O) groups is 1. The average molecular weight is 279 g/mol. The molecule has 0 spiro atoms. The fourth-order valence-corrected chi connectivity index (χ4v) is 3.86. The van der Waals surface area contributed by atoms with Crippen molar-refractivity contribution in [3.05, 3.63) is 40.8 Å². The van der Waals surface area contributed by atoms with Gasteiger partial charge in [-0.3, -0.25) is 4.79 Å². The second-order valence-electron chi connectivity index (χ2n) is 4.07. The maximum Gasteiger partial charge on any atom is 0.252 e. The molecule has 96 valence electrons. The molecule has 4 heteroatoms. The molecular weight excluding hydrogens is 262 g/mol. The van der Waals surface area contributed by atoms with Crippen molar-refractivity contribution in [1.29, 1.82) is 0 Å². The van der Waals surface area contributed by atoms with Gasteiger partial charge in [-0.15, -0.1) is 23.5 Å². The van der Waals surface area contributed by atoms with E-state index in [-0.39, 0.29) is 5.91 Å². The predicted octanol–water partition coefficient (Wildman–Crippen LogP) is 3.55. The van der Waals surface area contributed by atoms with Gasteiger partial charge in [0.1, 0.15) is 0 Å². The summed E-state index contributed by atoms with van der Waals surface area (Å²) in [4.78, 5) is 12.8. The largest absolute Gasteiger partial charge is 0.355 e. The van der Waals surface area contributed by atoms with E-state index < -0.39 is 0 Å². The molecule has 0 unspecified atom stereocenters. The van der Waals surface area contributed by atoms with E-state index in [1.54, 1.807) is 24.4 Å². The summed E-state index contributed by atoms with van der Waals surface area (Å²) in [5, 5.41) is 4.97. The van der Waals surface area contributed by atoms with Crippen LogP contribution in [-0.2, 0) is 0 Å². The summed E-state index contributed by atoms with van der Waals surface area (Å²) in [7, 11) is 1.67. The Hall–Kier alpha value is -0.870. The Bertz CT molecular complexity index is 457. The third-order valence-corrected chi connectivity index (χ3v) is 4.85. The van der Waals surface area contributed by atoms with Crippen LogP contribution in [0.2, 0.25) is 0 Å². The summed E-state index contributed by atoms with van der Waals surface area (Å²) in [6.07, 6.45) is 2.35. The van der Waals surface area contributed by atoms with Gasteiger partial charge < -0.3 is 5.32 Å². The number of carbonyl (C=O) groups excluding carboxylic acids is 1. The van der Waals surface area contributed by atoms with Gasteiger partial charge in [-0.2, -0.15) is 0 Å². The third-order valence-electron chi connectivity index (χ3n) is 2.83. The summed E-state index contributed by atoms with van der Waals surface area (Å²) in [6, 6.07) is 7.79. The van der Waals surface area contributed by atoms with Crippen LogP contribution in [0.3, 0.4) is 0 Å². The molecule has 1 aliphatic heterocycles. The minimum absolute atomic E-state index is 0.00580. The Morgan fingerprint density at radius 3 is 3.00 bits per heavy atom. The van der Waals surface area contributed by atoms with E-state index in [0.717, 1.165) is 22.6 Å². The van der Waals surface area contributed by atoms with E-state index in [1.807, 2.05) is 36.0 Å². The van der Waals surface area contributed by atoms with Crippen molar-refractivity contribution in [2.75, 3.05) is 18.6 Å². The molecule has 0 aromatic heterocycles. The molecule has 2 nitrogen and oxygen atoms in total. The van der Waals surface area contributed by atoms with Crippen molar-refractivity contribution < 1.29 is 4.79 Å². The molecule has 0 radical (unpaired) electrons. The van der Waals surface area contributed by atoms with Crippen LogP contribution >= 0.6 is 23.5 Å². The van der Waals surface area contributed by atoms with Gasteiger partial charge in [-0.1, -0.05) is 17.7 Å². The molecule has 18 heavy (non-hydrogen) atoms. The summed E-state index contributed by atoms with van der Waals surface area (Å²) < 4.78 is 0.